The van der Waals surface area contributed by atoms with Gasteiger partial charge in [-0.1, -0.05) is 154 Å². The number of hydrogen-bond donors (Lipinski definition) is 0. The highest BCUT2D eigenvalue weighted by atomic mass is 16.3. The molecule has 11 rings (SSSR count). The van der Waals surface area contributed by atoms with Gasteiger partial charge in [0.15, 0.2) is 5.58 Å². The second kappa shape index (κ2) is 11.4. The Labute approximate surface area is 322 Å². The van der Waals surface area contributed by atoms with Crippen LogP contribution in [0, 0.1) is 0 Å². The van der Waals surface area contributed by atoms with E-state index < -0.39 is 5.41 Å². The third-order valence-corrected chi connectivity index (χ3v) is 12.6. The number of hydrogen-bond acceptors (Lipinski definition) is 2. The van der Waals surface area contributed by atoms with Crippen molar-refractivity contribution in [2.24, 2.45) is 0 Å². The average Bonchev–Trinajstić information content (AvgIpc) is 3.91. The molecule has 3 aliphatic rings. The number of fused-ring (bicyclic) bond motifs is 14. The fraction of sp³-hybridized carbons (Fsp3) is 0.0943. The third-order valence-electron chi connectivity index (χ3n) is 12.6. The highest BCUT2D eigenvalue weighted by Crippen LogP contribution is 2.63. The second-order valence-corrected chi connectivity index (χ2v) is 15.6. The first-order valence-corrected chi connectivity index (χ1v) is 19.3. The van der Waals surface area contributed by atoms with E-state index in [4.69, 9.17) is 4.42 Å². The molecular formula is C53H39NO. The van der Waals surface area contributed by atoms with Crippen molar-refractivity contribution in [1.82, 2.24) is 0 Å². The van der Waals surface area contributed by atoms with E-state index >= 15 is 0 Å². The fourth-order valence-corrected chi connectivity index (χ4v) is 10.3. The van der Waals surface area contributed by atoms with E-state index in [9.17, 15) is 0 Å². The number of furan rings is 1. The van der Waals surface area contributed by atoms with Gasteiger partial charge in [0.05, 0.1) is 11.1 Å². The van der Waals surface area contributed by atoms with Gasteiger partial charge >= 0.3 is 0 Å². The molecule has 0 bridgehead atoms. The molecule has 0 aliphatic heterocycles. The lowest BCUT2D eigenvalue weighted by molar-refractivity contribution is 0.654. The lowest BCUT2D eigenvalue weighted by atomic mass is 9.70. The van der Waals surface area contributed by atoms with Gasteiger partial charge in [-0.3, -0.25) is 0 Å². The maximum atomic E-state index is 6.76. The molecular weight excluding hydrogens is 667 g/mol. The number of nitrogens with zero attached hydrogens (tertiary/aromatic N) is 1. The summed E-state index contributed by atoms with van der Waals surface area (Å²) in [5, 5.41) is 2.23. The van der Waals surface area contributed by atoms with Crippen LogP contribution in [0.1, 0.15) is 54.2 Å². The van der Waals surface area contributed by atoms with Crippen molar-refractivity contribution in [3.63, 3.8) is 0 Å². The molecule has 2 nitrogen and oxygen atoms in total. The second-order valence-electron chi connectivity index (χ2n) is 15.6. The van der Waals surface area contributed by atoms with Gasteiger partial charge in [-0.25, -0.2) is 0 Å². The molecule has 262 valence electrons. The van der Waals surface area contributed by atoms with Crippen LogP contribution in [0.3, 0.4) is 0 Å². The standard InChI is InChI=1S/C53H39NO/c1-5-16-43-35(6-2)39-29-27-34(32-48(39)52(43,3)4)54(49-25-15-21-41-40-20-10-14-26-50(40)55-51(41)49)33-28-30-47-42(31-33)38-19-9-13-24-46(38)53(47)44-22-11-7-17-36(44)37-18-8-12-23-45(37)53/h5-32H,2H2,1,3-4H3/b16-5-. The summed E-state index contributed by atoms with van der Waals surface area (Å²) in [4.78, 5) is 2.41. The highest BCUT2D eigenvalue weighted by molar-refractivity contribution is 6.10. The summed E-state index contributed by atoms with van der Waals surface area (Å²) < 4.78 is 6.76. The van der Waals surface area contributed by atoms with Gasteiger partial charge < -0.3 is 9.32 Å². The molecule has 0 unspecified atom stereocenters. The van der Waals surface area contributed by atoms with Gasteiger partial charge in [-0.15, -0.1) is 0 Å². The number of anilines is 3. The summed E-state index contributed by atoms with van der Waals surface area (Å²) in [6, 6.07) is 56.0. The first kappa shape index (κ1) is 31.8. The molecule has 0 fully saturated rings. The van der Waals surface area contributed by atoms with Gasteiger partial charge in [0, 0.05) is 27.6 Å². The van der Waals surface area contributed by atoms with Gasteiger partial charge in [0.2, 0.25) is 0 Å². The van der Waals surface area contributed by atoms with Crippen molar-refractivity contribution in [2.45, 2.75) is 31.6 Å². The molecule has 0 atom stereocenters. The predicted molar refractivity (Wildman–Crippen MR) is 230 cm³/mol. The van der Waals surface area contributed by atoms with E-state index in [1.165, 1.54) is 66.8 Å². The largest absolute Gasteiger partial charge is 0.454 e. The van der Waals surface area contributed by atoms with Crippen LogP contribution in [-0.4, -0.2) is 0 Å². The fourth-order valence-electron chi connectivity index (χ4n) is 10.3. The van der Waals surface area contributed by atoms with Crippen molar-refractivity contribution >= 4 is 44.6 Å². The average molecular weight is 706 g/mol. The first-order valence-electron chi connectivity index (χ1n) is 19.3. The van der Waals surface area contributed by atoms with Crippen molar-refractivity contribution in [2.75, 3.05) is 4.90 Å². The van der Waals surface area contributed by atoms with E-state index in [0.717, 1.165) is 39.0 Å². The minimum atomic E-state index is -0.394. The molecule has 55 heavy (non-hydrogen) atoms. The Bertz CT molecular complexity index is 2960. The Morgan fingerprint density at radius 3 is 1.82 bits per heavy atom. The summed E-state index contributed by atoms with van der Waals surface area (Å²) in [5.74, 6) is 0. The molecule has 0 radical (unpaired) electrons. The molecule has 2 heteroatoms. The van der Waals surface area contributed by atoms with E-state index in [1.807, 2.05) is 12.1 Å². The van der Waals surface area contributed by atoms with Crippen molar-refractivity contribution in [3.05, 3.63) is 215 Å². The van der Waals surface area contributed by atoms with Crippen LogP contribution >= 0.6 is 0 Å². The van der Waals surface area contributed by atoms with Crippen LogP contribution in [-0.2, 0) is 10.8 Å². The molecule has 1 spiro atoms. The zero-order valence-corrected chi connectivity index (χ0v) is 31.2. The lowest BCUT2D eigenvalue weighted by Crippen LogP contribution is -2.25. The minimum absolute atomic E-state index is 0.203. The maximum absolute atomic E-state index is 6.76. The summed E-state index contributed by atoms with van der Waals surface area (Å²) >= 11 is 0. The number of benzene rings is 7. The van der Waals surface area contributed by atoms with E-state index in [-0.39, 0.29) is 5.41 Å². The Morgan fingerprint density at radius 2 is 1.13 bits per heavy atom. The molecule has 7 aromatic carbocycles. The van der Waals surface area contributed by atoms with Crippen LogP contribution in [0.4, 0.5) is 17.1 Å². The van der Waals surface area contributed by atoms with Gasteiger partial charge in [0.25, 0.3) is 0 Å². The first-order chi connectivity index (χ1) is 27.0. The zero-order valence-electron chi connectivity index (χ0n) is 31.2. The summed E-state index contributed by atoms with van der Waals surface area (Å²) in [6.45, 7) is 11.0. The van der Waals surface area contributed by atoms with Crippen LogP contribution in [0.2, 0.25) is 0 Å². The Hall–Kier alpha value is -6.64. The highest BCUT2D eigenvalue weighted by Gasteiger charge is 2.51. The quantitative estimate of drug-likeness (QED) is 0.177. The number of para-hydroxylation sites is 2. The summed E-state index contributed by atoms with van der Waals surface area (Å²) in [6.07, 6.45) is 6.40. The molecule has 1 heterocycles. The summed E-state index contributed by atoms with van der Waals surface area (Å²) in [7, 11) is 0. The van der Waals surface area contributed by atoms with Crippen molar-refractivity contribution < 1.29 is 4.42 Å². The normalized spacial score (nSPS) is 15.4. The zero-order chi connectivity index (χ0) is 37.1. The van der Waals surface area contributed by atoms with Gasteiger partial charge in [-0.05, 0) is 110 Å². The van der Waals surface area contributed by atoms with E-state index in [2.05, 4.69) is 190 Å². The van der Waals surface area contributed by atoms with Crippen molar-refractivity contribution in [3.8, 4) is 22.3 Å². The molecule has 0 saturated heterocycles. The topological polar surface area (TPSA) is 16.4 Å². The molecule has 0 saturated carbocycles. The summed E-state index contributed by atoms with van der Waals surface area (Å²) in [5.41, 5.74) is 19.9. The molecule has 3 aliphatic carbocycles. The Morgan fingerprint density at radius 1 is 0.545 bits per heavy atom. The van der Waals surface area contributed by atoms with Crippen LogP contribution in [0.15, 0.2) is 186 Å². The Balaban J connectivity index is 1.18. The maximum Gasteiger partial charge on any atom is 0.159 e. The van der Waals surface area contributed by atoms with Gasteiger partial charge in [0.1, 0.15) is 5.58 Å². The monoisotopic (exact) mass is 705 g/mol. The Kier molecular flexibility index (Phi) is 6.62. The van der Waals surface area contributed by atoms with Crippen molar-refractivity contribution in [1.29, 1.82) is 0 Å². The molecule has 1 aromatic heterocycles. The van der Waals surface area contributed by atoms with E-state index in [0.29, 0.717) is 0 Å². The third kappa shape index (κ3) is 4.09. The predicted octanol–water partition coefficient (Wildman–Crippen LogP) is 14.2. The van der Waals surface area contributed by atoms with E-state index in [1.54, 1.807) is 0 Å². The SMILES string of the molecule is C=CC1=C(/C=C\C)C(C)(C)c2cc(N(c3ccc4c(c3)-c3ccccc3C43c4ccccc4-c4ccccc43)c3cccc4c3oc3ccccc34)ccc21. The van der Waals surface area contributed by atoms with Crippen LogP contribution in [0.5, 0.6) is 0 Å². The number of rotatable bonds is 5. The minimum Gasteiger partial charge on any atom is -0.454 e. The molecule has 0 N–H and O–H groups in total. The smallest absolute Gasteiger partial charge is 0.159 e. The lowest BCUT2D eigenvalue weighted by Gasteiger charge is -2.31. The molecule has 0 amide bonds. The molecule has 8 aromatic rings. The number of allylic oxidation sites excluding steroid dienone is 5. The van der Waals surface area contributed by atoms with Gasteiger partial charge in [-0.2, -0.15) is 0 Å². The van der Waals surface area contributed by atoms with Crippen LogP contribution < -0.4 is 4.90 Å². The van der Waals surface area contributed by atoms with Crippen LogP contribution in [0.25, 0.3) is 49.8 Å².